The summed E-state index contributed by atoms with van der Waals surface area (Å²) in [5.41, 5.74) is 8.02. The summed E-state index contributed by atoms with van der Waals surface area (Å²) >= 11 is 0. The van der Waals surface area contributed by atoms with Gasteiger partial charge in [-0.2, -0.15) is 0 Å². The Morgan fingerprint density at radius 1 is 1.33 bits per heavy atom. The molecule has 0 bridgehead atoms. The number of rotatable bonds is 3. The van der Waals surface area contributed by atoms with E-state index in [1.54, 1.807) is 6.20 Å². The molecule has 0 aliphatic carbocycles. The number of benzene rings is 1. The average molecular weight is 285 g/mol. The van der Waals surface area contributed by atoms with Crippen LogP contribution in [0, 0.1) is 6.92 Å². The van der Waals surface area contributed by atoms with Gasteiger partial charge < -0.3 is 20.5 Å². The number of likely N-dealkylation sites (N-methyl/N-ethyl adjacent to an activating group) is 1. The molecule has 5 nitrogen and oxygen atoms in total. The molecule has 1 aromatic carbocycles. The summed E-state index contributed by atoms with van der Waals surface area (Å²) in [5, 5.41) is 3.26. The second-order valence-electron chi connectivity index (χ2n) is 5.17. The van der Waals surface area contributed by atoms with Crippen molar-refractivity contribution in [3.05, 3.63) is 47.7 Å². The highest BCUT2D eigenvalue weighted by molar-refractivity contribution is 5.45. The van der Waals surface area contributed by atoms with Crippen molar-refractivity contribution in [1.82, 2.24) is 10.3 Å². The Balaban J connectivity index is 1.90. The van der Waals surface area contributed by atoms with Crippen molar-refractivity contribution in [2.45, 2.75) is 19.1 Å². The summed E-state index contributed by atoms with van der Waals surface area (Å²) in [6.07, 6.45) is 1.61. The van der Waals surface area contributed by atoms with Gasteiger partial charge in [0, 0.05) is 11.8 Å². The van der Waals surface area contributed by atoms with E-state index >= 15 is 0 Å². The minimum absolute atomic E-state index is 0.0780. The van der Waals surface area contributed by atoms with Crippen LogP contribution < -0.4 is 20.5 Å². The molecule has 21 heavy (non-hydrogen) atoms. The summed E-state index contributed by atoms with van der Waals surface area (Å²) < 4.78 is 11.8. The number of ether oxygens (including phenoxy) is 2. The zero-order valence-corrected chi connectivity index (χ0v) is 12.2. The summed E-state index contributed by atoms with van der Waals surface area (Å²) in [7, 11) is 1.89. The second kappa shape index (κ2) is 5.61. The molecule has 0 fully saturated rings. The van der Waals surface area contributed by atoms with Crippen molar-refractivity contribution in [2.75, 3.05) is 19.4 Å². The van der Waals surface area contributed by atoms with Crippen LogP contribution in [0.3, 0.4) is 0 Å². The van der Waals surface area contributed by atoms with E-state index in [9.17, 15) is 0 Å². The first-order valence-electron chi connectivity index (χ1n) is 6.97. The average Bonchev–Trinajstić information content (AvgIpc) is 2.51. The first kappa shape index (κ1) is 13.7. The number of nitrogens with one attached hydrogen (secondary N) is 1. The number of aryl methyl sites for hydroxylation is 1. The van der Waals surface area contributed by atoms with Crippen molar-refractivity contribution in [3.63, 3.8) is 0 Å². The van der Waals surface area contributed by atoms with E-state index in [1.165, 1.54) is 0 Å². The number of fused-ring (bicyclic) bond motifs is 1. The van der Waals surface area contributed by atoms with Crippen LogP contribution in [0.25, 0.3) is 0 Å². The highest BCUT2D eigenvalue weighted by atomic mass is 16.6. The number of anilines is 1. The van der Waals surface area contributed by atoms with Gasteiger partial charge in [0.1, 0.15) is 12.4 Å². The molecule has 2 atom stereocenters. The van der Waals surface area contributed by atoms with Crippen molar-refractivity contribution >= 4 is 5.82 Å². The molecule has 0 saturated heterocycles. The molecule has 110 valence electrons. The van der Waals surface area contributed by atoms with Gasteiger partial charge in [0.05, 0.1) is 6.04 Å². The molecule has 1 aromatic heterocycles. The van der Waals surface area contributed by atoms with Crippen LogP contribution >= 0.6 is 0 Å². The number of pyridine rings is 1. The Bertz CT molecular complexity index is 645. The lowest BCUT2D eigenvalue weighted by molar-refractivity contribution is 0.0639. The second-order valence-corrected chi connectivity index (χ2v) is 5.17. The first-order valence-corrected chi connectivity index (χ1v) is 6.97. The van der Waals surface area contributed by atoms with Gasteiger partial charge >= 0.3 is 0 Å². The maximum atomic E-state index is 6.06. The lowest BCUT2D eigenvalue weighted by atomic mass is 10.0. The van der Waals surface area contributed by atoms with Gasteiger partial charge in [-0.25, -0.2) is 4.98 Å². The summed E-state index contributed by atoms with van der Waals surface area (Å²) in [6.45, 7) is 2.46. The fourth-order valence-electron chi connectivity index (χ4n) is 2.59. The van der Waals surface area contributed by atoms with Crippen LogP contribution in [0.15, 0.2) is 36.5 Å². The van der Waals surface area contributed by atoms with E-state index in [4.69, 9.17) is 15.2 Å². The Morgan fingerprint density at radius 2 is 2.10 bits per heavy atom. The monoisotopic (exact) mass is 285 g/mol. The third kappa shape index (κ3) is 2.64. The number of hydrogen-bond donors (Lipinski definition) is 2. The van der Waals surface area contributed by atoms with Crippen LogP contribution in [0.1, 0.15) is 17.2 Å². The molecule has 5 heteroatoms. The van der Waals surface area contributed by atoms with Crippen molar-refractivity contribution in [3.8, 4) is 11.5 Å². The molecule has 0 saturated carbocycles. The molecule has 3 N–H and O–H groups in total. The van der Waals surface area contributed by atoms with Gasteiger partial charge in [-0.1, -0.05) is 12.1 Å². The normalized spacial score (nSPS) is 18.3. The number of para-hydroxylation sites is 2. The molecule has 2 unspecified atom stereocenters. The van der Waals surface area contributed by atoms with E-state index in [-0.39, 0.29) is 12.1 Å². The van der Waals surface area contributed by atoms with Gasteiger partial charge in [-0.15, -0.1) is 0 Å². The smallest absolute Gasteiger partial charge is 0.161 e. The van der Waals surface area contributed by atoms with Crippen molar-refractivity contribution in [1.29, 1.82) is 0 Å². The van der Waals surface area contributed by atoms with Gasteiger partial charge in [-0.3, -0.25) is 0 Å². The van der Waals surface area contributed by atoms with E-state index in [0.717, 1.165) is 22.6 Å². The molecule has 0 radical (unpaired) electrons. The Hall–Kier alpha value is -2.27. The standard InChI is InChI=1S/C16H19N3O2/c1-10-7-11(16(17)19-8-10)15(18-2)14-9-20-12-5-3-4-6-13(12)21-14/h3-8,14-15,18H,9H2,1-2H3,(H2,17,19). The number of nitrogens with zero attached hydrogens (tertiary/aromatic N) is 1. The fraction of sp³-hybridized carbons (Fsp3) is 0.312. The third-order valence-electron chi connectivity index (χ3n) is 3.63. The zero-order valence-electron chi connectivity index (χ0n) is 12.2. The predicted molar refractivity (Wildman–Crippen MR) is 81.5 cm³/mol. The highest BCUT2D eigenvalue weighted by Crippen LogP contribution is 2.35. The molecular formula is C16H19N3O2. The molecule has 2 heterocycles. The maximum Gasteiger partial charge on any atom is 0.161 e. The maximum absolute atomic E-state index is 6.06. The number of aromatic nitrogens is 1. The quantitative estimate of drug-likeness (QED) is 0.903. The Labute approximate surface area is 124 Å². The molecule has 3 rings (SSSR count). The van der Waals surface area contributed by atoms with Crippen LogP contribution in [0.4, 0.5) is 5.82 Å². The highest BCUT2D eigenvalue weighted by Gasteiger charge is 2.30. The molecule has 2 aromatic rings. The number of hydrogen-bond acceptors (Lipinski definition) is 5. The molecule has 1 aliphatic rings. The van der Waals surface area contributed by atoms with Crippen LogP contribution in [-0.2, 0) is 0 Å². The number of nitrogens with two attached hydrogens (primary N) is 1. The number of nitrogen functional groups attached to an aromatic ring is 1. The lowest BCUT2D eigenvalue weighted by Crippen LogP contribution is -2.40. The van der Waals surface area contributed by atoms with Gasteiger partial charge in [0.25, 0.3) is 0 Å². The zero-order chi connectivity index (χ0) is 14.8. The molecular weight excluding hydrogens is 266 g/mol. The van der Waals surface area contributed by atoms with Crippen LogP contribution in [0.5, 0.6) is 11.5 Å². The van der Waals surface area contributed by atoms with Gasteiger partial charge in [0.2, 0.25) is 0 Å². The largest absolute Gasteiger partial charge is 0.486 e. The summed E-state index contributed by atoms with van der Waals surface area (Å²) in [5.74, 6) is 2.05. The van der Waals surface area contributed by atoms with Crippen molar-refractivity contribution < 1.29 is 9.47 Å². The molecule has 1 aliphatic heterocycles. The van der Waals surface area contributed by atoms with E-state index < -0.39 is 0 Å². The topological polar surface area (TPSA) is 69.4 Å². The summed E-state index contributed by atoms with van der Waals surface area (Å²) in [4.78, 5) is 4.23. The minimum atomic E-state index is -0.157. The van der Waals surface area contributed by atoms with Crippen molar-refractivity contribution in [2.24, 2.45) is 0 Å². The molecule has 0 spiro atoms. The Morgan fingerprint density at radius 3 is 2.86 bits per heavy atom. The lowest BCUT2D eigenvalue weighted by Gasteiger charge is -2.32. The fourth-order valence-corrected chi connectivity index (χ4v) is 2.59. The SMILES string of the molecule is CNC(c1cc(C)cnc1N)C1COc2ccccc2O1. The minimum Gasteiger partial charge on any atom is -0.486 e. The first-order chi connectivity index (χ1) is 10.2. The van der Waals surface area contributed by atoms with Gasteiger partial charge in [-0.05, 0) is 37.7 Å². The van der Waals surface area contributed by atoms with Gasteiger partial charge in [0.15, 0.2) is 17.6 Å². The van der Waals surface area contributed by atoms with Crippen LogP contribution in [0.2, 0.25) is 0 Å². The van der Waals surface area contributed by atoms with E-state index in [2.05, 4.69) is 10.3 Å². The van der Waals surface area contributed by atoms with E-state index in [0.29, 0.717) is 12.4 Å². The third-order valence-corrected chi connectivity index (χ3v) is 3.63. The summed E-state index contributed by atoms with van der Waals surface area (Å²) in [6, 6.07) is 9.63. The Kier molecular flexibility index (Phi) is 3.66. The predicted octanol–water partition coefficient (Wildman–Crippen LogP) is 2.07. The molecule has 0 amide bonds. The van der Waals surface area contributed by atoms with Crippen LogP contribution in [-0.4, -0.2) is 24.7 Å². The van der Waals surface area contributed by atoms with E-state index in [1.807, 2.05) is 44.3 Å².